The van der Waals surface area contributed by atoms with Crippen LogP contribution in [0.3, 0.4) is 0 Å². The van der Waals surface area contributed by atoms with Gasteiger partial charge in [0.2, 0.25) is 23.2 Å². The van der Waals surface area contributed by atoms with Gasteiger partial charge in [-0.25, -0.2) is 8.78 Å². The average molecular weight is 463 g/mol. The number of anilines is 1. The van der Waals surface area contributed by atoms with Crippen LogP contribution in [0.2, 0.25) is 5.02 Å². The van der Waals surface area contributed by atoms with E-state index in [1.54, 1.807) is 24.5 Å². The summed E-state index contributed by atoms with van der Waals surface area (Å²) in [6.45, 7) is 1.85. The van der Waals surface area contributed by atoms with Gasteiger partial charge in [0.15, 0.2) is 5.69 Å². The van der Waals surface area contributed by atoms with Crippen molar-refractivity contribution in [3.63, 3.8) is 0 Å². The van der Waals surface area contributed by atoms with Crippen molar-refractivity contribution in [2.24, 2.45) is 0 Å². The molecule has 1 atom stereocenters. The van der Waals surface area contributed by atoms with E-state index in [4.69, 9.17) is 16.3 Å². The van der Waals surface area contributed by atoms with Crippen LogP contribution in [0.25, 0.3) is 11.3 Å². The van der Waals surface area contributed by atoms with Gasteiger partial charge in [-0.2, -0.15) is 4.98 Å². The van der Waals surface area contributed by atoms with Crippen LogP contribution in [0, 0.1) is 11.6 Å². The molecule has 1 aliphatic rings. The van der Waals surface area contributed by atoms with E-state index in [2.05, 4.69) is 15.2 Å². The molecule has 0 aliphatic carbocycles. The summed E-state index contributed by atoms with van der Waals surface area (Å²) >= 11 is 7.46. The number of hydrogen-bond donors (Lipinski definition) is 0. The number of nitrogens with zero attached hydrogens (tertiary/aromatic N) is 4. The maximum absolute atomic E-state index is 14.8. The first-order chi connectivity index (χ1) is 14.9. The maximum atomic E-state index is 14.8. The zero-order valence-electron chi connectivity index (χ0n) is 16.6. The van der Waals surface area contributed by atoms with Gasteiger partial charge in [-0.05, 0) is 49.1 Å². The zero-order valence-corrected chi connectivity index (χ0v) is 18.2. The fraction of sp³-hybridized carbons (Fsp3) is 0.238. The molecule has 1 aromatic heterocycles. The summed E-state index contributed by atoms with van der Waals surface area (Å²) < 4.78 is 34.9. The SMILES string of the molecule is CCCC(=O)N1c2ccc(Cl)cc2-c2nnc(SC)nc2OC1c1cc(F)ccc1F. The third kappa shape index (κ3) is 4.07. The third-order valence-corrected chi connectivity index (χ3v) is 5.48. The van der Waals surface area contributed by atoms with E-state index in [-0.39, 0.29) is 29.5 Å². The van der Waals surface area contributed by atoms with E-state index < -0.39 is 17.9 Å². The van der Waals surface area contributed by atoms with Crippen molar-refractivity contribution < 1.29 is 18.3 Å². The number of hydrogen-bond acceptors (Lipinski definition) is 6. The Morgan fingerprint density at radius 1 is 1.23 bits per heavy atom. The number of rotatable bonds is 4. The van der Waals surface area contributed by atoms with Crippen molar-refractivity contribution in [2.45, 2.75) is 31.1 Å². The first-order valence-corrected chi connectivity index (χ1v) is 11.1. The second-order valence-electron chi connectivity index (χ2n) is 6.76. The number of ether oxygens (including phenoxy) is 1. The van der Waals surface area contributed by atoms with Crippen LogP contribution in [0.5, 0.6) is 5.88 Å². The number of carbonyl (C=O) groups is 1. The molecule has 2 aromatic carbocycles. The van der Waals surface area contributed by atoms with Gasteiger partial charge >= 0.3 is 0 Å². The Bertz CT molecular complexity index is 1160. The summed E-state index contributed by atoms with van der Waals surface area (Å²) in [5.74, 6) is -1.66. The molecule has 6 nitrogen and oxygen atoms in total. The van der Waals surface area contributed by atoms with Gasteiger partial charge in [0.1, 0.15) is 11.6 Å². The monoisotopic (exact) mass is 462 g/mol. The summed E-state index contributed by atoms with van der Waals surface area (Å²) in [6.07, 6.45) is 1.19. The molecule has 1 amide bonds. The first kappa shape index (κ1) is 21.5. The highest BCUT2D eigenvalue weighted by Crippen LogP contribution is 2.45. The highest BCUT2D eigenvalue weighted by molar-refractivity contribution is 7.98. The lowest BCUT2D eigenvalue weighted by Gasteiger charge is -2.31. The second-order valence-corrected chi connectivity index (χ2v) is 7.97. The minimum absolute atomic E-state index is 0.0447. The lowest BCUT2D eigenvalue weighted by molar-refractivity contribution is -0.120. The maximum Gasteiger partial charge on any atom is 0.247 e. The summed E-state index contributed by atoms with van der Waals surface area (Å²) in [4.78, 5) is 18.8. The third-order valence-electron chi connectivity index (χ3n) is 4.71. The van der Waals surface area contributed by atoms with E-state index >= 15 is 0 Å². The van der Waals surface area contributed by atoms with Crippen molar-refractivity contribution in [1.82, 2.24) is 15.2 Å². The van der Waals surface area contributed by atoms with E-state index in [9.17, 15) is 13.6 Å². The fourth-order valence-electron chi connectivity index (χ4n) is 3.33. The van der Waals surface area contributed by atoms with E-state index in [0.29, 0.717) is 27.9 Å². The van der Waals surface area contributed by atoms with Gasteiger partial charge in [-0.3, -0.25) is 9.69 Å². The molecule has 1 aliphatic heterocycles. The molecule has 0 bridgehead atoms. The molecule has 2 heterocycles. The Kier molecular flexibility index (Phi) is 6.06. The summed E-state index contributed by atoms with van der Waals surface area (Å²) in [5.41, 5.74) is 0.966. The Hall–Kier alpha value is -2.78. The van der Waals surface area contributed by atoms with Crippen LogP contribution in [0.15, 0.2) is 41.6 Å². The zero-order chi connectivity index (χ0) is 22.1. The predicted octanol–water partition coefficient (Wildman–Crippen LogP) is 5.42. The highest BCUT2D eigenvalue weighted by atomic mass is 35.5. The van der Waals surface area contributed by atoms with Gasteiger partial charge in [-0.1, -0.05) is 30.3 Å². The quantitative estimate of drug-likeness (QED) is 0.482. The number of benzene rings is 2. The molecule has 31 heavy (non-hydrogen) atoms. The number of aromatic nitrogens is 3. The molecule has 4 rings (SSSR count). The lowest BCUT2D eigenvalue weighted by atomic mass is 10.1. The van der Waals surface area contributed by atoms with Gasteiger partial charge < -0.3 is 4.74 Å². The van der Waals surface area contributed by atoms with Gasteiger partial charge in [0.05, 0.1) is 11.3 Å². The van der Waals surface area contributed by atoms with Crippen LogP contribution >= 0.6 is 23.4 Å². The van der Waals surface area contributed by atoms with Crippen LogP contribution in [-0.2, 0) is 4.79 Å². The molecular formula is C21H17ClF2N4O2S. The predicted molar refractivity (Wildman–Crippen MR) is 114 cm³/mol. The largest absolute Gasteiger partial charge is 0.447 e. The molecule has 3 aromatic rings. The molecule has 160 valence electrons. The first-order valence-electron chi connectivity index (χ1n) is 9.45. The molecular weight excluding hydrogens is 446 g/mol. The molecule has 0 fully saturated rings. The van der Waals surface area contributed by atoms with E-state index in [0.717, 1.165) is 18.2 Å². The van der Waals surface area contributed by atoms with Gasteiger partial charge in [0, 0.05) is 17.0 Å². The van der Waals surface area contributed by atoms with E-state index in [1.165, 1.54) is 16.7 Å². The van der Waals surface area contributed by atoms with Crippen molar-refractivity contribution in [3.05, 3.63) is 58.6 Å². The van der Waals surface area contributed by atoms with Crippen LogP contribution in [0.1, 0.15) is 31.6 Å². The number of thioether (sulfide) groups is 1. The van der Waals surface area contributed by atoms with Crippen molar-refractivity contribution >= 4 is 35.0 Å². The van der Waals surface area contributed by atoms with Crippen LogP contribution < -0.4 is 9.64 Å². The lowest BCUT2D eigenvalue weighted by Crippen LogP contribution is -2.38. The minimum atomic E-state index is -1.30. The Morgan fingerprint density at radius 2 is 2.03 bits per heavy atom. The van der Waals surface area contributed by atoms with E-state index in [1.807, 2.05) is 6.92 Å². The number of fused-ring (bicyclic) bond motifs is 3. The fourth-order valence-corrected chi connectivity index (χ4v) is 3.80. The standard InChI is InChI=1S/C21H17ClF2N4O2S/c1-3-4-17(29)28-16-8-5-11(22)9-14(16)18-19(25-21(31-2)27-26-18)30-20(28)13-10-12(23)6-7-15(13)24/h5-10,20H,3-4H2,1-2H3. The number of amides is 1. The summed E-state index contributed by atoms with van der Waals surface area (Å²) in [7, 11) is 0. The average Bonchev–Trinajstić information content (AvgIpc) is 2.89. The summed E-state index contributed by atoms with van der Waals surface area (Å²) in [5, 5.41) is 9.00. The second kappa shape index (κ2) is 8.76. The van der Waals surface area contributed by atoms with Crippen molar-refractivity contribution in [3.8, 4) is 17.1 Å². The minimum Gasteiger partial charge on any atom is -0.447 e. The molecule has 0 saturated heterocycles. The number of halogens is 3. The normalized spacial score (nSPS) is 15.0. The Morgan fingerprint density at radius 3 is 2.77 bits per heavy atom. The van der Waals surface area contributed by atoms with Crippen molar-refractivity contribution in [2.75, 3.05) is 11.2 Å². The Balaban J connectivity index is 2.02. The Labute approximate surface area is 186 Å². The highest BCUT2D eigenvalue weighted by Gasteiger charge is 2.37. The molecule has 1 unspecified atom stereocenters. The van der Waals surface area contributed by atoms with Crippen molar-refractivity contribution in [1.29, 1.82) is 0 Å². The number of carbonyl (C=O) groups excluding carboxylic acids is 1. The van der Waals surface area contributed by atoms with Gasteiger partial charge in [-0.15, -0.1) is 10.2 Å². The molecule has 0 spiro atoms. The molecule has 10 heteroatoms. The van der Waals surface area contributed by atoms with Gasteiger partial charge in [0.25, 0.3) is 0 Å². The molecule has 0 saturated carbocycles. The topological polar surface area (TPSA) is 68.2 Å². The summed E-state index contributed by atoms with van der Waals surface area (Å²) in [6, 6.07) is 7.86. The van der Waals surface area contributed by atoms with Crippen LogP contribution in [-0.4, -0.2) is 27.3 Å². The van der Waals surface area contributed by atoms with Crippen LogP contribution in [0.4, 0.5) is 14.5 Å². The molecule has 0 radical (unpaired) electrons. The molecule has 0 N–H and O–H groups in total. The smallest absolute Gasteiger partial charge is 0.247 e.